The predicted octanol–water partition coefficient (Wildman–Crippen LogP) is 1.03. The van der Waals surface area contributed by atoms with Crippen LogP contribution in [0.2, 0.25) is 0 Å². The highest BCUT2D eigenvalue weighted by atomic mass is 16.5. The quantitative estimate of drug-likeness (QED) is 0.792. The minimum Gasteiger partial charge on any atom is -0.480 e. The maximum absolute atomic E-state index is 11.2. The van der Waals surface area contributed by atoms with Gasteiger partial charge in [0.05, 0.1) is 0 Å². The number of benzene rings is 1. The van der Waals surface area contributed by atoms with Crippen molar-refractivity contribution in [1.82, 2.24) is 15.5 Å². The van der Waals surface area contributed by atoms with Gasteiger partial charge in [-0.2, -0.15) is 4.98 Å². The first-order valence-electron chi connectivity index (χ1n) is 5.54. The molecule has 6 heteroatoms. The molecule has 2 N–H and O–H groups in total. The Bertz CT molecular complexity index is 485. The van der Waals surface area contributed by atoms with Crippen molar-refractivity contribution in [1.29, 1.82) is 0 Å². The second-order valence-electron chi connectivity index (χ2n) is 3.72. The molecular weight excluding hydrogens is 234 g/mol. The van der Waals surface area contributed by atoms with Crippen molar-refractivity contribution in [2.24, 2.45) is 0 Å². The van der Waals surface area contributed by atoms with E-state index in [-0.39, 0.29) is 0 Å². The summed E-state index contributed by atoms with van der Waals surface area (Å²) in [5.74, 6) is -0.425. The summed E-state index contributed by atoms with van der Waals surface area (Å²) in [7, 11) is 0. The molecule has 1 aromatic carbocycles. The first kappa shape index (κ1) is 12.3. The zero-order valence-electron chi connectivity index (χ0n) is 9.61. The summed E-state index contributed by atoms with van der Waals surface area (Å²) >= 11 is 0. The zero-order chi connectivity index (χ0) is 12.8. The van der Waals surface area contributed by atoms with Gasteiger partial charge in [0.1, 0.15) is 6.04 Å². The summed E-state index contributed by atoms with van der Waals surface area (Å²) in [4.78, 5) is 15.0. The number of aromatic nitrogens is 2. The molecule has 0 aliphatic carbocycles. The Morgan fingerprint density at radius 3 is 2.78 bits per heavy atom. The summed E-state index contributed by atoms with van der Waals surface area (Å²) < 4.78 is 4.83. The number of carbonyl (C=O) groups is 1. The Labute approximate surface area is 104 Å². The standard InChI is InChI=1S/C12H13N3O3/c16-12(17)11(9-4-2-1-3-5-9)13-7-6-10-14-8-15-18-10/h1-5,8,11,13H,6-7H2,(H,16,17). The van der Waals surface area contributed by atoms with Crippen LogP contribution in [0.3, 0.4) is 0 Å². The molecule has 1 aromatic heterocycles. The molecule has 94 valence electrons. The molecule has 2 aromatic rings. The minimum atomic E-state index is -0.910. The number of nitrogens with zero attached hydrogens (tertiary/aromatic N) is 2. The number of rotatable bonds is 6. The van der Waals surface area contributed by atoms with Crippen LogP contribution < -0.4 is 5.32 Å². The topological polar surface area (TPSA) is 88.2 Å². The van der Waals surface area contributed by atoms with Crippen LogP contribution >= 0.6 is 0 Å². The van der Waals surface area contributed by atoms with Crippen LogP contribution in [0.1, 0.15) is 17.5 Å². The number of carboxylic acids is 1. The third-order valence-electron chi connectivity index (χ3n) is 2.47. The van der Waals surface area contributed by atoms with Crippen LogP contribution in [0.15, 0.2) is 41.2 Å². The highest BCUT2D eigenvalue weighted by molar-refractivity contribution is 5.75. The maximum atomic E-state index is 11.2. The second kappa shape index (κ2) is 5.92. The van der Waals surface area contributed by atoms with E-state index < -0.39 is 12.0 Å². The first-order valence-corrected chi connectivity index (χ1v) is 5.54. The van der Waals surface area contributed by atoms with Gasteiger partial charge in [-0.1, -0.05) is 35.5 Å². The molecule has 0 aliphatic heterocycles. The number of aliphatic carboxylic acids is 1. The van der Waals surface area contributed by atoms with Gasteiger partial charge in [-0.05, 0) is 5.56 Å². The molecule has 1 atom stereocenters. The molecular formula is C12H13N3O3. The van der Waals surface area contributed by atoms with Gasteiger partial charge in [-0.15, -0.1) is 0 Å². The molecule has 1 unspecified atom stereocenters. The summed E-state index contributed by atoms with van der Waals surface area (Å²) in [5.41, 5.74) is 0.718. The van der Waals surface area contributed by atoms with Crippen LogP contribution in [0.5, 0.6) is 0 Å². The van der Waals surface area contributed by atoms with Crippen molar-refractivity contribution in [2.75, 3.05) is 6.54 Å². The number of hydrogen-bond acceptors (Lipinski definition) is 5. The summed E-state index contributed by atoms with van der Waals surface area (Å²) in [5, 5.41) is 15.6. The van der Waals surface area contributed by atoms with Crippen LogP contribution in [0.25, 0.3) is 0 Å². The van der Waals surface area contributed by atoms with E-state index >= 15 is 0 Å². The minimum absolute atomic E-state index is 0.452. The van der Waals surface area contributed by atoms with E-state index in [0.29, 0.717) is 18.9 Å². The lowest BCUT2D eigenvalue weighted by atomic mass is 10.1. The van der Waals surface area contributed by atoms with Gasteiger partial charge < -0.3 is 14.9 Å². The van der Waals surface area contributed by atoms with Gasteiger partial charge in [-0.25, -0.2) is 0 Å². The average molecular weight is 247 g/mol. The third-order valence-corrected chi connectivity index (χ3v) is 2.47. The predicted molar refractivity (Wildman–Crippen MR) is 62.8 cm³/mol. The summed E-state index contributed by atoms with van der Waals surface area (Å²) in [6, 6.07) is 8.29. The molecule has 1 heterocycles. The maximum Gasteiger partial charge on any atom is 0.325 e. The molecule has 0 aliphatic rings. The first-order chi connectivity index (χ1) is 8.77. The van der Waals surface area contributed by atoms with Crippen molar-refractivity contribution in [3.05, 3.63) is 48.1 Å². The van der Waals surface area contributed by atoms with Crippen molar-refractivity contribution in [2.45, 2.75) is 12.5 Å². The van der Waals surface area contributed by atoms with E-state index in [1.165, 1.54) is 6.33 Å². The Morgan fingerprint density at radius 1 is 1.39 bits per heavy atom. The molecule has 0 spiro atoms. The van der Waals surface area contributed by atoms with Crippen LogP contribution in [-0.2, 0) is 11.2 Å². The monoisotopic (exact) mass is 247 g/mol. The van der Waals surface area contributed by atoms with E-state index in [0.717, 1.165) is 5.56 Å². The van der Waals surface area contributed by atoms with Gasteiger partial charge in [0.15, 0.2) is 6.33 Å². The van der Waals surface area contributed by atoms with Crippen molar-refractivity contribution >= 4 is 5.97 Å². The lowest BCUT2D eigenvalue weighted by molar-refractivity contribution is -0.139. The van der Waals surface area contributed by atoms with Gasteiger partial charge >= 0.3 is 5.97 Å². The lowest BCUT2D eigenvalue weighted by Crippen LogP contribution is -2.30. The van der Waals surface area contributed by atoms with Crippen LogP contribution in [0, 0.1) is 0 Å². The summed E-state index contributed by atoms with van der Waals surface area (Å²) in [6.45, 7) is 0.452. The van der Waals surface area contributed by atoms with E-state index in [4.69, 9.17) is 9.63 Å². The van der Waals surface area contributed by atoms with Crippen LogP contribution in [0.4, 0.5) is 0 Å². The normalized spacial score (nSPS) is 12.2. The highest BCUT2D eigenvalue weighted by Gasteiger charge is 2.18. The molecule has 0 radical (unpaired) electrons. The third kappa shape index (κ3) is 3.14. The smallest absolute Gasteiger partial charge is 0.325 e. The number of hydrogen-bond donors (Lipinski definition) is 2. The molecule has 0 amide bonds. The Hall–Kier alpha value is -2.21. The van der Waals surface area contributed by atoms with Crippen LogP contribution in [-0.4, -0.2) is 27.8 Å². The van der Waals surface area contributed by atoms with Crippen molar-refractivity contribution < 1.29 is 14.4 Å². The summed E-state index contributed by atoms with van der Waals surface area (Å²) in [6.07, 6.45) is 1.82. The van der Waals surface area contributed by atoms with Crippen molar-refractivity contribution in [3.8, 4) is 0 Å². The van der Waals surface area contributed by atoms with E-state index in [1.807, 2.05) is 18.2 Å². The highest BCUT2D eigenvalue weighted by Crippen LogP contribution is 2.12. The Balaban J connectivity index is 1.93. The molecule has 0 saturated carbocycles. The van der Waals surface area contributed by atoms with Gasteiger partial charge in [0.2, 0.25) is 5.89 Å². The van der Waals surface area contributed by atoms with Gasteiger partial charge in [0, 0.05) is 13.0 Å². The molecule has 0 fully saturated rings. The fourth-order valence-corrected chi connectivity index (χ4v) is 1.62. The molecule has 0 bridgehead atoms. The molecule has 18 heavy (non-hydrogen) atoms. The SMILES string of the molecule is O=C(O)C(NCCc1ncno1)c1ccccc1. The van der Waals surface area contributed by atoms with Crippen molar-refractivity contribution in [3.63, 3.8) is 0 Å². The fraction of sp³-hybridized carbons (Fsp3) is 0.250. The van der Waals surface area contributed by atoms with E-state index in [1.54, 1.807) is 12.1 Å². The Morgan fingerprint density at radius 2 is 2.17 bits per heavy atom. The largest absolute Gasteiger partial charge is 0.480 e. The van der Waals surface area contributed by atoms with E-state index in [9.17, 15) is 4.79 Å². The zero-order valence-corrected chi connectivity index (χ0v) is 9.61. The van der Waals surface area contributed by atoms with Gasteiger partial charge in [0.25, 0.3) is 0 Å². The Kier molecular flexibility index (Phi) is 4.03. The molecule has 0 saturated heterocycles. The number of carboxylic acid groups (broad SMARTS) is 1. The lowest BCUT2D eigenvalue weighted by Gasteiger charge is -2.13. The van der Waals surface area contributed by atoms with Gasteiger partial charge in [-0.3, -0.25) is 4.79 Å². The number of nitrogens with one attached hydrogen (secondary N) is 1. The molecule has 6 nitrogen and oxygen atoms in total. The molecule has 2 rings (SSSR count). The van der Waals surface area contributed by atoms with E-state index in [2.05, 4.69) is 15.5 Å². The second-order valence-corrected chi connectivity index (χ2v) is 3.72. The fourth-order valence-electron chi connectivity index (χ4n) is 1.62. The average Bonchev–Trinajstić information content (AvgIpc) is 2.88.